The van der Waals surface area contributed by atoms with Crippen LogP contribution in [0, 0.1) is 6.92 Å². The van der Waals surface area contributed by atoms with E-state index < -0.39 is 5.97 Å². The van der Waals surface area contributed by atoms with Crippen LogP contribution in [0.4, 0.5) is 5.13 Å². The highest BCUT2D eigenvalue weighted by molar-refractivity contribution is 7.15. The number of carbonyl (C=O) groups is 2. The summed E-state index contributed by atoms with van der Waals surface area (Å²) in [4.78, 5) is 31.1. The first kappa shape index (κ1) is 26.9. The number of nitrogens with one attached hydrogen (secondary N) is 1. The molecule has 0 saturated carbocycles. The number of aliphatic carboxylic acids is 1. The average molecular weight is 506 g/mol. The van der Waals surface area contributed by atoms with Crippen LogP contribution >= 0.6 is 11.3 Å². The van der Waals surface area contributed by atoms with Crippen LogP contribution in [0.1, 0.15) is 42.0 Å². The van der Waals surface area contributed by atoms with Crippen LogP contribution in [0.3, 0.4) is 0 Å². The molecule has 10 heteroatoms. The summed E-state index contributed by atoms with van der Waals surface area (Å²) in [6, 6.07) is 5.66. The highest BCUT2D eigenvalue weighted by atomic mass is 32.1. The number of anilines is 1. The molecule has 0 aliphatic carbocycles. The van der Waals surface area contributed by atoms with Gasteiger partial charge in [-0.2, -0.15) is 0 Å². The van der Waals surface area contributed by atoms with Gasteiger partial charge in [-0.05, 0) is 50.5 Å². The van der Waals surface area contributed by atoms with Crippen LogP contribution < -0.4 is 15.0 Å². The molecule has 0 radical (unpaired) electrons. The molecule has 0 bridgehead atoms. The van der Waals surface area contributed by atoms with E-state index in [0.717, 1.165) is 48.3 Å². The maximum Gasteiger partial charge on any atom is 0.320 e. The van der Waals surface area contributed by atoms with Crippen molar-refractivity contribution in [1.82, 2.24) is 10.3 Å². The van der Waals surface area contributed by atoms with Crippen LogP contribution in [-0.4, -0.2) is 67.6 Å². The van der Waals surface area contributed by atoms with E-state index in [1.807, 2.05) is 18.2 Å². The summed E-state index contributed by atoms with van der Waals surface area (Å²) in [5.41, 5.74) is 2.86. The van der Waals surface area contributed by atoms with Gasteiger partial charge in [0.2, 0.25) is 0 Å². The van der Waals surface area contributed by atoms with E-state index in [1.54, 1.807) is 25.2 Å². The van der Waals surface area contributed by atoms with Gasteiger partial charge in [0.1, 0.15) is 5.75 Å². The third-order valence-corrected chi connectivity index (χ3v) is 6.58. The zero-order valence-electron chi connectivity index (χ0n) is 20.7. The van der Waals surface area contributed by atoms with Crippen molar-refractivity contribution in [3.63, 3.8) is 0 Å². The van der Waals surface area contributed by atoms with E-state index >= 15 is 0 Å². The largest absolute Gasteiger partial charge is 0.493 e. The summed E-state index contributed by atoms with van der Waals surface area (Å²) in [5.74, 6) is -0.471. The number of nitrogens with zero attached hydrogens (tertiary/aromatic N) is 2. The zero-order chi connectivity index (χ0) is 25.2. The fourth-order valence-corrected chi connectivity index (χ4v) is 4.75. The smallest absolute Gasteiger partial charge is 0.320 e. The maximum absolute atomic E-state index is 11.8. The number of benzene rings is 1. The number of thiazole rings is 1. The Bertz CT molecular complexity index is 988. The van der Waals surface area contributed by atoms with Crippen molar-refractivity contribution in [3.8, 4) is 5.75 Å². The van der Waals surface area contributed by atoms with E-state index in [1.165, 1.54) is 4.88 Å². The first-order valence-corrected chi connectivity index (χ1v) is 12.8. The van der Waals surface area contributed by atoms with Crippen molar-refractivity contribution >= 4 is 28.4 Å². The summed E-state index contributed by atoms with van der Waals surface area (Å²) in [7, 11) is 0. The molecule has 3 rings (SSSR count). The number of aryl methyl sites for hydroxylation is 2. The standard InChI is InChI=1S/C25H35N3O6S/c1-17(2)34-24(31)16-26-15-20-14-21(6-4-19(20)5-7-23(29)30)33-11-8-22-18(3)35-25(27-22)28-9-12-32-13-10-28/h4,6,14,17,26H,5,7-13,15-16H2,1-3H3,(H,29,30). The third kappa shape index (κ3) is 8.79. The lowest BCUT2D eigenvalue weighted by atomic mass is 10.0. The third-order valence-electron chi connectivity index (χ3n) is 5.51. The number of carbonyl (C=O) groups excluding carboxylic acids is 1. The first-order valence-electron chi connectivity index (χ1n) is 12.0. The molecule has 0 atom stereocenters. The average Bonchev–Trinajstić information content (AvgIpc) is 3.19. The van der Waals surface area contributed by atoms with Crippen molar-refractivity contribution in [2.75, 3.05) is 44.4 Å². The molecule has 1 aliphatic heterocycles. The van der Waals surface area contributed by atoms with Crippen molar-refractivity contribution in [2.45, 2.75) is 52.7 Å². The van der Waals surface area contributed by atoms with Crippen LogP contribution in [0.5, 0.6) is 5.75 Å². The number of ether oxygens (including phenoxy) is 3. The molecular weight excluding hydrogens is 470 g/mol. The number of esters is 1. The molecule has 9 nitrogen and oxygen atoms in total. The molecule has 0 unspecified atom stereocenters. The molecule has 192 valence electrons. The van der Waals surface area contributed by atoms with Gasteiger partial charge in [0.25, 0.3) is 0 Å². The molecule has 35 heavy (non-hydrogen) atoms. The minimum Gasteiger partial charge on any atom is -0.493 e. The van der Waals surface area contributed by atoms with Crippen LogP contribution in [0.2, 0.25) is 0 Å². The number of carboxylic acid groups (broad SMARTS) is 1. The molecule has 1 aliphatic rings. The fraction of sp³-hybridized carbons (Fsp3) is 0.560. The highest BCUT2D eigenvalue weighted by Gasteiger charge is 2.17. The van der Waals surface area contributed by atoms with Gasteiger partial charge >= 0.3 is 11.9 Å². The highest BCUT2D eigenvalue weighted by Crippen LogP contribution is 2.27. The fourth-order valence-electron chi connectivity index (χ4n) is 3.75. The minimum absolute atomic E-state index is 0.0389. The lowest BCUT2D eigenvalue weighted by Crippen LogP contribution is -2.36. The van der Waals surface area contributed by atoms with E-state index in [0.29, 0.717) is 31.7 Å². The molecule has 1 aromatic heterocycles. The lowest BCUT2D eigenvalue weighted by molar-refractivity contribution is -0.146. The molecule has 0 amide bonds. The summed E-state index contributed by atoms with van der Waals surface area (Å²) in [6.07, 6.45) is 0.975. The summed E-state index contributed by atoms with van der Waals surface area (Å²) in [5, 5.41) is 13.2. The van der Waals surface area contributed by atoms with Gasteiger partial charge in [-0.25, -0.2) is 4.98 Å². The second kappa shape index (κ2) is 13.4. The number of hydrogen-bond acceptors (Lipinski definition) is 9. The molecule has 2 N–H and O–H groups in total. The number of rotatable bonds is 13. The van der Waals surface area contributed by atoms with Gasteiger partial charge in [-0.3, -0.25) is 9.59 Å². The second-order valence-electron chi connectivity index (χ2n) is 8.66. The molecule has 2 aromatic rings. The van der Waals surface area contributed by atoms with E-state index in [2.05, 4.69) is 17.1 Å². The number of carboxylic acids is 1. The quantitative estimate of drug-likeness (QED) is 0.397. The van der Waals surface area contributed by atoms with Crippen molar-refractivity contribution in [2.24, 2.45) is 0 Å². The van der Waals surface area contributed by atoms with E-state index in [4.69, 9.17) is 24.3 Å². The van der Waals surface area contributed by atoms with Gasteiger partial charge in [-0.1, -0.05) is 6.07 Å². The Labute approximate surface area is 210 Å². The lowest BCUT2D eigenvalue weighted by Gasteiger charge is -2.26. The Kier molecular flexibility index (Phi) is 10.3. The Morgan fingerprint density at radius 2 is 2.00 bits per heavy atom. The van der Waals surface area contributed by atoms with Crippen molar-refractivity contribution in [1.29, 1.82) is 0 Å². The maximum atomic E-state index is 11.8. The predicted octanol–water partition coefficient (Wildman–Crippen LogP) is 2.97. The molecule has 0 spiro atoms. The minimum atomic E-state index is -0.847. The Hall–Kier alpha value is -2.69. The predicted molar refractivity (Wildman–Crippen MR) is 134 cm³/mol. The molecule has 2 heterocycles. The summed E-state index contributed by atoms with van der Waals surface area (Å²) >= 11 is 1.70. The van der Waals surface area contributed by atoms with E-state index in [-0.39, 0.29) is 25.0 Å². The monoisotopic (exact) mass is 505 g/mol. The first-order chi connectivity index (χ1) is 16.8. The van der Waals surface area contributed by atoms with Crippen LogP contribution in [0.25, 0.3) is 0 Å². The van der Waals surface area contributed by atoms with Crippen molar-refractivity contribution < 1.29 is 28.9 Å². The molecule has 1 fully saturated rings. The Morgan fingerprint density at radius 1 is 1.23 bits per heavy atom. The van der Waals surface area contributed by atoms with Gasteiger partial charge in [0.15, 0.2) is 5.13 Å². The molecule has 1 saturated heterocycles. The van der Waals surface area contributed by atoms with Gasteiger partial charge in [0, 0.05) is 37.4 Å². The molecular formula is C25H35N3O6S. The summed E-state index contributed by atoms with van der Waals surface area (Å²) in [6.45, 7) is 9.86. The van der Waals surface area contributed by atoms with Gasteiger partial charge in [0.05, 0.1) is 38.2 Å². The number of aromatic nitrogens is 1. The zero-order valence-corrected chi connectivity index (χ0v) is 21.5. The SMILES string of the molecule is Cc1sc(N2CCOCC2)nc1CCOc1ccc(CCC(=O)O)c(CNCC(=O)OC(C)C)c1. The topological polar surface area (TPSA) is 110 Å². The normalized spacial score (nSPS) is 13.8. The Morgan fingerprint density at radius 3 is 2.71 bits per heavy atom. The van der Waals surface area contributed by atoms with Gasteiger partial charge in [-0.15, -0.1) is 11.3 Å². The van der Waals surface area contributed by atoms with E-state index in [9.17, 15) is 9.59 Å². The van der Waals surface area contributed by atoms with Crippen LogP contribution in [-0.2, 0) is 38.4 Å². The van der Waals surface area contributed by atoms with Crippen LogP contribution in [0.15, 0.2) is 18.2 Å². The van der Waals surface area contributed by atoms with Crippen molar-refractivity contribution in [3.05, 3.63) is 39.9 Å². The number of hydrogen-bond donors (Lipinski definition) is 2. The summed E-state index contributed by atoms with van der Waals surface area (Å²) < 4.78 is 16.6. The Balaban J connectivity index is 1.58. The second-order valence-corrected chi connectivity index (χ2v) is 9.85. The number of morpholine rings is 1. The molecule has 1 aromatic carbocycles. The van der Waals surface area contributed by atoms with Gasteiger partial charge < -0.3 is 29.5 Å².